The summed E-state index contributed by atoms with van der Waals surface area (Å²) in [5.74, 6) is -0.190. The molecule has 1 amide bonds. The highest BCUT2D eigenvalue weighted by Gasteiger charge is 2.43. The third-order valence-corrected chi connectivity index (χ3v) is 7.50. The van der Waals surface area contributed by atoms with Crippen molar-refractivity contribution in [3.63, 3.8) is 0 Å². The Morgan fingerprint density at radius 3 is 2.83 bits per heavy atom. The molecular weight excluding hydrogens is 434 g/mol. The van der Waals surface area contributed by atoms with E-state index in [4.69, 9.17) is 15.2 Å². The summed E-state index contributed by atoms with van der Waals surface area (Å²) in [4.78, 5) is 45.6. The summed E-state index contributed by atoms with van der Waals surface area (Å²) in [5, 5.41) is 9.87. The molecule has 164 valence electrons. The van der Waals surface area contributed by atoms with E-state index in [1.165, 1.54) is 16.3 Å². The van der Waals surface area contributed by atoms with Crippen molar-refractivity contribution in [3.05, 3.63) is 20.0 Å². The largest absolute Gasteiger partial charge is 0.390 e. The highest BCUT2D eigenvalue weighted by Crippen LogP contribution is 2.43. The number of hydrogen-bond donors (Lipinski definition) is 3. The number of aliphatic hydroxyl groups excluding tert-OH is 1. The lowest BCUT2D eigenvalue weighted by molar-refractivity contribution is -0.136. The SMILES string of the molecule is CC[C@H](O)[C@@H]1O[C@@H](n2c(=O)sc3c(=O)[nH]c(N)nc32)[C@H](CC(=O)N2CCOCC2)S1. The number of anilines is 1. The summed E-state index contributed by atoms with van der Waals surface area (Å²) in [5.41, 5.74) is 4.68. The Morgan fingerprint density at radius 1 is 1.40 bits per heavy atom. The molecule has 11 nitrogen and oxygen atoms in total. The molecule has 0 spiro atoms. The van der Waals surface area contributed by atoms with Gasteiger partial charge in [0.1, 0.15) is 10.1 Å². The van der Waals surface area contributed by atoms with Crippen molar-refractivity contribution in [2.24, 2.45) is 0 Å². The first-order valence-electron chi connectivity index (χ1n) is 9.64. The van der Waals surface area contributed by atoms with E-state index in [-0.39, 0.29) is 28.6 Å². The number of H-pyrrole nitrogens is 1. The lowest BCUT2D eigenvalue weighted by atomic mass is 10.2. The summed E-state index contributed by atoms with van der Waals surface area (Å²) in [6.45, 7) is 3.82. The van der Waals surface area contributed by atoms with Crippen molar-refractivity contribution in [1.82, 2.24) is 19.4 Å². The summed E-state index contributed by atoms with van der Waals surface area (Å²) < 4.78 is 12.7. The van der Waals surface area contributed by atoms with Crippen LogP contribution >= 0.6 is 23.1 Å². The van der Waals surface area contributed by atoms with Crippen LogP contribution in [0.5, 0.6) is 0 Å². The highest BCUT2D eigenvalue weighted by molar-refractivity contribution is 8.00. The van der Waals surface area contributed by atoms with Gasteiger partial charge in [-0.2, -0.15) is 4.98 Å². The number of carbonyl (C=O) groups is 1. The van der Waals surface area contributed by atoms with Crippen LogP contribution in [0.4, 0.5) is 5.95 Å². The molecule has 30 heavy (non-hydrogen) atoms. The number of aromatic amines is 1. The van der Waals surface area contributed by atoms with E-state index in [2.05, 4.69) is 9.97 Å². The summed E-state index contributed by atoms with van der Waals surface area (Å²) in [6.07, 6.45) is -1.05. The van der Waals surface area contributed by atoms with Crippen LogP contribution < -0.4 is 16.2 Å². The number of nitrogen functional groups attached to an aromatic ring is 1. The number of thioether (sulfide) groups is 1. The van der Waals surface area contributed by atoms with E-state index in [0.29, 0.717) is 32.7 Å². The number of morpholine rings is 1. The maximum absolute atomic E-state index is 12.8. The van der Waals surface area contributed by atoms with Crippen LogP contribution in [0.15, 0.2) is 9.59 Å². The Hall–Kier alpha value is -1.93. The fourth-order valence-electron chi connectivity index (χ4n) is 3.53. The Labute approximate surface area is 179 Å². The fraction of sp³-hybridized carbons (Fsp3) is 0.647. The molecule has 2 aromatic rings. The molecule has 0 aromatic carbocycles. The minimum absolute atomic E-state index is 0.0751. The van der Waals surface area contributed by atoms with Gasteiger partial charge < -0.3 is 25.2 Å². The molecule has 4 atom stereocenters. The number of aromatic nitrogens is 3. The van der Waals surface area contributed by atoms with Crippen LogP contribution in [0.2, 0.25) is 0 Å². The fourth-order valence-corrected chi connectivity index (χ4v) is 5.83. The van der Waals surface area contributed by atoms with Crippen LogP contribution in [-0.2, 0) is 14.3 Å². The molecule has 2 aromatic heterocycles. The average Bonchev–Trinajstić information content (AvgIpc) is 3.28. The minimum Gasteiger partial charge on any atom is -0.390 e. The number of fused-ring (bicyclic) bond motifs is 1. The summed E-state index contributed by atoms with van der Waals surface area (Å²) in [7, 11) is 0. The molecule has 0 aliphatic carbocycles. The quantitative estimate of drug-likeness (QED) is 0.549. The molecule has 2 fully saturated rings. The molecule has 2 aliphatic heterocycles. The Bertz CT molecular complexity index is 1050. The second kappa shape index (κ2) is 8.67. The van der Waals surface area contributed by atoms with Gasteiger partial charge in [0.25, 0.3) is 5.56 Å². The molecule has 0 unspecified atom stereocenters. The number of thiazole rings is 1. The number of rotatable bonds is 5. The van der Waals surface area contributed by atoms with Crippen LogP contribution in [-0.4, -0.2) is 73.5 Å². The second-order valence-electron chi connectivity index (χ2n) is 7.08. The van der Waals surface area contributed by atoms with Crippen LogP contribution in [0.1, 0.15) is 26.0 Å². The number of hydrogen-bond acceptors (Lipinski definition) is 10. The van der Waals surface area contributed by atoms with Crippen molar-refractivity contribution in [2.75, 3.05) is 32.0 Å². The van der Waals surface area contributed by atoms with Gasteiger partial charge in [-0.05, 0) is 6.42 Å². The first-order chi connectivity index (χ1) is 14.4. The van der Waals surface area contributed by atoms with Gasteiger partial charge in [0.15, 0.2) is 11.9 Å². The van der Waals surface area contributed by atoms with Gasteiger partial charge in [-0.1, -0.05) is 18.3 Å². The van der Waals surface area contributed by atoms with E-state index in [1.807, 2.05) is 6.92 Å². The second-order valence-corrected chi connectivity index (χ2v) is 9.39. The first kappa shape index (κ1) is 21.3. The Balaban J connectivity index is 1.69. The van der Waals surface area contributed by atoms with Gasteiger partial charge in [0.2, 0.25) is 11.9 Å². The third-order valence-electron chi connectivity index (χ3n) is 5.12. The molecule has 4 heterocycles. The molecular formula is C17H23N5O6S2. The first-order valence-corrected chi connectivity index (χ1v) is 11.4. The molecule has 0 radical (unpaired) electrons. The summed E-state index contributed by atoms with van der Waals surface area (Å²) >= 11 is 2.06. The van der Waals surface area contributed by atoms with Gasteiger partial charge in [0.05, 0.1) is 24.6 Å². The maximum atomic E-state index is 12.8. The van der Waals surface area contributed by atoms with E-state index in [9.17, 15) is 19.5 Å². The van der Waals surface area contributed by atoms with Gasteiger partial charge in [-0.25, -0.2) is 0 Å². The third kappa shape index (κ3) is 3.99. The minimum atomic E-state index is -0.860. The Morgan fingerprint density at radius 2 is 2.13 bits per heavy atom. The molecule has 0 bridgehead atoms. The molecule has 4 N–H and O–H groups in total. The average molecular weight is 458 g/mol. The lowest BCUT2D eigenvalue weighted by Gasteiger charge is -2.28. The van der Waals surface area contributed by atoms with E-state index in [0.717, 1.165) is 11.3 Å². The molecule has 2 saturated heterocycles. The molecule has 4 rings (SSSR count). The van der Waals surface area contributed by atoms with Crippen LogP contribution in [0.25, 0.3) is 10.3 Å². The topological polar surface area (TPSA) is 153 Å². The van der Waals surface area contributed by atoms with Gasteiger partial charge in [0, 0.05) is 19.5 Å². The van der Waals surface area contributed by atoms with E-state index in [1.54, 1.807) is 4.90 Å². The number of ether oxygens (including phenoxy) is 2. The van der Waals surface area contributed by atoms with Crippen molar-refractivity contribution in [2.45, 2.75) is 42.8 Å². The lowest BCUT2D eigenvalue weighted by Crippen LogP contribution is -2.42. The number of amides is 1. The number of nitrogens with one attached hydrogen (secondary N) is 1. The standard InChI is InChI=1S/C17H23N5O6S2/c1-2-8(23)15-28-14(9(29-15)7-10(24)21-3-5-27-6-4-21)22-12-11(30-17(22)26)13(25)20-16(18)19-12/h8-9,14-15,23H,2-7H2,1H3,(H3,18,19,20,25)/t8-,9-,14+,15+/m0/s1. The van der Waals surface area contributed by atoms with Gasteiger partial charge in [-0.3, -0.25) is 23.9 Å². The van der Waals surface area contributed by atoms with E-state index < -0.39 is 33.5 Å². The molecule has 0 saturated carbocycles. The Kier molecular flexibility index (Phi) is 6.16. The van der Waals surface area contributed by atoms with Crippen molar-refractivity contribution in [3.8, 4) is 0 Å². The smallest absolute Gasteiger partial charge is 0.311 e. The highest BCUT2D eigenvalue weighted by atomic mass is 32.2. The zero-order valence-electron chi connectivity index (χ0n) is 16.3. The maximum Gasteiger partial charge on any atom is 0.311 e. The van der Waals surface area contributed by atoms with Gasteiger partial charge in [-0.15, -0.1) is 11.8 Å². The number of nitrogens with zero attached hydrogens (tertiary/aromatic N) is 3. The number of aliphatic hydroxyl groups is 1. The number of carbonyl (C=O) groups excluding carboxylic acids is 1. The zero-order chi connectivity index (χ0) is 21.4. The van der Waals surface area contributed by atoms with Crippen molar-refractivity contribution in [1.29, 1.82) is 0 Å². The monoisotopic (exact) mass is 457 g/mol. The van der Waals surface area contributed by atoms with Crippen molar-refractivity contribution < 1.29 is 19.4 Å². The molecule has 2 aliphatic rings. The zero-order valence-corrected chi connectivity index (χ0v) is 17.9. The predicted molar refractivity (Wildman–Crippen MR) is 113 cm³/mol. The van der Waals surface area contributed by atoms with Crippen LogP contribution in [0.3, 0.4) is 0 Å². The normalized spacial score (nSPS) is 25.7. The van der Waals surface area contributed by atoms with E-state index >= 15 is 0 Å². The predicted octanol–water partition coefficient (Wildman–Crippen LogP) is -0.295. The van der Waals surface area contributed by atoms with Crippen molar-refractivity contribution >= 4 is 45.3 Å². The molecule has 13 heteroatoms. The summed E-state index contributed by atoms with van der Waals surface area (Å²) in [6, 6.07) is 0. The van der Waals surface area contributed by atoms with Crippen LogP contribution in [0, 0.1) is 0 Å². The number of nitrogens with two attached hydrogens (primary N) is 1. The van der Waals surface area contributed by atoms with Gasteiger partial charge >= 0.3 is 4.87 Å².